The maximum atomic E-state index is 12.1. The number of hydrogen-bond donors (Lipinski definition) is 1. The van der Waals surface area contributed by atoms with Gasteiger partial charge in [0.25, 0.3) is 0 Å². The molecule has 2 heterocycles. The number of benzene rings is 1. The molecule has 0 saturated heterocycles. The van der Waals surface area contributed by atoms with Crippen LogP contribution in [0.2, 0.25) is 0 Å². The minimum atomic E-state index is -0.274. The first-order valence-corrected chi connectivity index (χ1v) is 7.49. The molecule has 1 aromatic carbocycles. The molecule has 20 heavy (non-hydrogen) atoms. The van der Waals surface area contributed by atoms with Crippen LogP contribution in [0.1, 0.15) is 17.0 Å². The third-order valence-electron chi connectivity index (χ3n) is 3.27. The van der Waals surface area contributed by atoms with Crippen LogP contribution in [0.3, 0.4) is 0 Å². The third kappa shape index (κ3) is 2.95. The van der Waals surface area contributed by atoms with E-state index in [1.807, 2.05) is 30.3 Å². The van der Waals surface area contributed by atoms with Gasteiger partial charge in [0, 0.05) is 13.0 Å². The number of carbonyl (C=O) groups is 1. The van der Waals surface area contributed by atoms with Crippen molar-refractivity contribution in [3.05, 3.63) is 51.1 Å². The number of aromatic nitrogens is 2. The number of nitrogens with zero attached hydrogens (tertiary/aromatic N) is 2. The van der Waals surface area contributed by atoms with Crippen LogP contribution in [0, 0.1) is 3.83 Å². The van der Waals surface area contributed by atoms with Crippen molar-refractivity contribution in [3.8, 4) is 0 Å². The van der Waals surface area contributed by atoms with Gasteiger partial charge in [-0.2, -0.15) is 0 Å². The average molecular weight is 383 g/mol. The van der Waals surface area contributed by atoms with Gasteiger partial charge in [-0.1, -0.05) is 30.3 Å². The third-order valence-corrected chi connectivity index (χ3v) is 3.78. The zero-order valence-corrected chi connectivity index (χ0v) is 13.0. The lowest BCUT2D eigenvalue weighted by atomic mass is 10.1. The number of fused-ring (bicyclic) bond motifs is 1. The van der Waals surface area contributed by atoms with Crippen molar-refractivity contribution >= 4 is 28.7 Å². The maximum absolute atomic E-state index is 12.1. The largest absolute Gasteiger partial charge is 0.445 e. The van der Waals surface area contributed by atoms with Gasteiger partial charge >= 0.3 is 6.09 Å². The molecule has 0 aliphatic carbocycles. The average Bonchev–Trinajstić information content (AvgIpc) is 2.85. The quantitative estimate of drug-likeness (QED) is 0.812. The zero-order valence-electron chi connectivity index (χ0n) is 10.8. The van der Waals surface area contributed by atoms with Gasteiger partial charge in [-0.15, -0.1) is 0 Å². The molecule has 1 N–H and O–H groups in total. The van der Waals surface area contributed by atoms with Crippen LogP contribution >= 0.6 is 22.6 Å². The number of rotatable bonds is 2. The standard InChI is InChI=1S/C14H14IN3O2/c15-13-16-11-6-7-18(8-12(11)17-13)14(19)20-9-10-4-2-1-3-5-10/h1-5H,6-9H2,(H,16,17). The molecular formula is C14H14IN3O2. The normalized spacial score (nSPS) is 13.9. The van der Waals surface area contributed by atoms with Crippen LogP contribution < -0.4 is 0 Å². The second-order valence-electron chi connectivity index (χ2n) is 4.66. The van der Waals surface area contributed by atoms with Gasteiger partial charge in [0.05, 0.1) is 17.9 Å². The summed E-state index contributed by atoms with van der Waals surface area (Å²) < 4.78 is 6.21. The number of hydrogen-bond acceptors (Lipinski definition) is 3. The first kappa shape index (κ1) is 13.4. The fraction of sp³-hybridized carbons (Fsp3) is 0.286. The van der Waals surface area contributed by atoms with E-state index in [2.05, 4.69) is 32.6 Å². The van der Waals surface area contributed by atoms with Crippen LogP contribution in [-0.2, 0) is 24.3 Å². The highest BCUT2D eigenvalue weighted by atomic mass is 127. The molecule has 0 fully saturated rings. The molecule has 1 aliphatic heterocycles. The van der Waals surface area contributed by atoms with Crippen LogP contribution in [0.25, 0.3) is 0 Å². The number of aromatic amines is 1. The van der Waals surface area contributed by atoms with Crippen LogP contribution in [0.4, 0.5) is 4.79 Å². The molecule has 2 aromatic rings. The molecule has 0 saturated carbocycles. The maximum Gasteiger partial charge on any atom is 0.410 e. The Kier molecular flexibility index (Phi) is 3.90. The molecule has 1 aromatic heterocycles. The zero-order chi connectivity index (χ0) is 13.9. The molecule has 104 valence electrons. The van der Waals surface area contributed by atoms with E-state index in [-0.39, 0.29) is 6.09 Å². The Hall–Kier alpha value is -1.57. The molecule has 0 unspecified atom stereocenters. The lowest BCUT2D eigenvalue weighted by Gasteiger charge is -2.25. The van der Waals surface area contributed by atoms with Crippen LogP contribution in [0.5, 0.6) is 0 Å². The molecule has 5 nitrogen and oxygen atoms in total. The van der Waals surface area contributed by atoms with Gasteiger partial charge in [0.1, 0.15) is 6.61 Å². The Balaban J connectivity index is 1.59. The molecule has 0 spiro atoms. The minimum Gasteiger partial charge on any atom is -0.445 e. The fourth-order valence-electron chi connectivity index (χ4n) is 2.23. The van der Waals surface area contributed by atoms with E-state index >= 15 is 0 Å². The Bertz CT molecular complexity index is 612. The monoisotopic (exact) mass is 383 g/mol. The second kappa shape index (κ2) is 5.82. The van der Waals surface area contributed by atoms with Crippen molar-refractivity contribution in [3.63, 3.8) is 0 Å². The first-order valence-electron chi connectivity index (χ1n) is 6.41. The van der Waals surface area contributed by atoms with Crippen molar-refractivity contribution in [2.75, 3.05) is 6.54 Å². The van der Waals surface area contributed by atoms with Gasteiger partial charge in [0.2, 0.25) is 0 Å². The summed E-state index contributed by atoms with van der Waals surface area (Å²) in [6.07, 6.45) is 0.499. The van der Waals surface area contributed by atoms with Crippen molar-refractivity contribution in [1.29, 1.82) is 0 Å². The van der Waals surface area contributed by atoms with Crippen molar-refractivity contribution in [1.82, 2.24) is 14.9 Å². The summed E-state index contributed by atoms with van der Waals surface area (Å²) >= 11 is 2.15. The Morgan fingerprint density at radius 1 is 1.40 bits per heavy atom. The lowest BCUT2D eigenvalue weighted by molar-refractivity contribution is 0.0913. The van der Waals surface area contributed by atoms with Crippen molar-refractivity contribution in [2.24, 2.45) is 0 Å². The number of carbonyl (C=O) groups excluding carboxylic acids is 1. The minimum absolute atomic E-state index is 0.274. The molecular weight excluding hydrogens is 369 g/mol. The highest BCUT2D eigenvalue weighted by molar-refractivity contribution is 14.1. The van der Waals surface area contributed by atoms with Gasteiger partial charge in [-0.3, -0.25) is 0 Å². The topological polar surface area (TPSA) is 58.2 Å². The molecule has 0 radical (unpaired) electrons. The summed E-state index contributed by atoms with van der Waals surface area (Å²) in [7, 11) is 0. The number of amides is 1. The summed E-state index contributed by atoms with van der Waals surface area (Å²) in [6, 6.07) is 9.70. The van der Waals surface area contributed by atoms with Gasteiger partial charge in [-0.25, -0.2) is 9.78 Å². The predicted octanol–water partition coefficient (Wildman–Crippen LogP) is 2.71. The molecule has 6 heteroatoms. The number of ether oxygens (including phenoxy) is 1. The van der Waals surface area contributed by atoms with E-state index in [0.29, 0.717) is 19.7 Å². The van der Waals surface area contributed by atoms with Crippen LogP contribution in [0.15, 0.2) is 30.3 Å². The van der Waals surface area contributed by atoms with Gasteiger partial charge in [0.15, 0.2) is 3.83 Å². The summed E-state index contributed by atoms with van der Waals surface area (Å²) in [5, 5.41) is 0. The van der Waals surface area contributed by atoms with E-state index in [9.17, 15) is 4.79 Å². The molecule has 1 aliphatic rings. The SMILES string of the molecule is O=C(OCc1ccccc1)N1CCc2nc(I)[nH]c2C1. The number of H-pyrrole nitrogens is 1. The summed E-state index contributed by atoms with van der Waals surface area (Å²) in [5.41, 5.74) is 3.06. The fourth-order valence-corrected chi connectivity index (χ4v) is 2.84. The predicted molar refractivity (Wildman–Crippen MR) is 82.0 cm³/mol. The highest BCUT2D eigenvalue weighted by Gasteiger charge is 2.24. The van der Waals surface area contributed by atoms with E-state index in [0.717, 1.165) is 27.2 Å². The number of halogens is 1. The van der Waals surface area contributed by atoms with E-state index < -0.39 is 0 Å². The Morgan fingerprint density at radius 3 is 3.00 bits per heavy atom. The Morgan fingerprint density at radius 2 is 2.20 bits per heavy atom. The van der Waals surface area contributed by atoms with Gasteiger partial charge in [-0.05, 0) is 28.2 Å². The van der Waals surface area contributed by atoms with Gasteiger partial charge < -0.3 is 14.6 Å². The second-order valence-corrected chi connectivity index (χ2v) is 5.69. The number of nitrogens with one attached hydrogen (secondary N) is 1. The van der Waals surface area contributed by atoms with Crippen molar-refractivity contribution < 1.29 is 9.53 Å². The van der Waals surface area contributed by atoms with E-state index in [4.69, 9.17) is 4.74 Å². The summed E-state index contributed by atoms with van der Waals surface area (Å²) in [6.45, 7) is 1.50. The smallest absolute Gasteiger partial charge is 0.410 e. The molecule has 1 amide bonds. The molecule has 0 bridgehead atoms. The Labute approximate surface area is 130 Å². The molecule has 0 atom stereocenters. The van der Waals surface area contributed by atoms with Crippen molar-refractivity contribution in [2.45, 2.75) is 19.6 Å². The van der Waals surface area contributed by atoms with E-state index in [1.165, 1.54) is 0 Å². The van der Waals surface area contributed by atoms with E-state index in [1.54, 1.807) is 4.90 Å². The lowest BCUT2D eigenvalue weighted by Crippen LogP contribution is -2.36. The highest BCUT2D eigenvalue weighted by Crippen LogP contribution is 2.18. The molecule has 3 rings (SSSR count). The summed E-state index contributed by atoms with van der Waals surface area (Å²) in [5.74, 6) is 0. The summed E-state index contributed by atoms with van der Waals surface area (Å²) in [4.78, 5) is 21.3. The first-order chi connectivity index (χ1) is 9.72. The van der Waals surface area contributed by atoms with Crippen LogP contribution in [-0.4, -0.2) is 27.5 Å². The number of imidazole rings is 1.